The third-order valence-corrected chi connectivity index (χ3v) is 1.27. The molecule has 0 aromatic carbocycles. The number of hydrogen-bond acceptors (Lipinski definition) is 0. The summed E-state index contributed by atoms with van der Waals surface area (Å²) >= 11 is 0. The molecule has 0 saturated heterocycles. The number of allylic oxidation sites excluding steroid dienone is 6. The number of rotatable bonds is 2. The van der Waals surface area contributed by atoms with E-state index < -0.39 is 0 Å². The van der Waals surface area contributed by atoms with E-state index in [4.69, 9.17) is 0 Å². The Kier molecular flexibility index (Phi) is 17.9. The van der Waals surface area contributed by atoms with Gasteiger partial charge in [0.25, 0.3) is 0 Å². The Morgan fingerprint density at radius 2 is 2.17 bits per heavy atom. The van der Waals surface area contributed by atoms with Gasteiger partial charge in [-0.25, -0.2) is 6.08 Å². The molecule has 0 heterocycles. The smallest absolute Gasteiger partial charge is 0 e. The second kappa shape index (κ2) is 11.7. The van der Waals surface area contributed by atoms with Crippen molar-refractivity contribution in [1.82, 2.24) is 0 Å². The first-order chi connectivity index (χ1) is 4.43. The van der Waals surface area contributed by atoms with E-state index >= 15 is 0 Å². The summed E-state index contributed by atoms with van der Waals surface area (Å²) in [4.78, 5) is 0. The number of hydrogen-bond donors (Lipinski definition) is 0. The largest absolute Gasteiger partial charge is 1.00 e. The van der Waals surface area contributed by atoms with Crippen LogP contribution in [0.1, 0.15) is 19.8 Å². The molecule has 1 rings (SSSR count). The van der Waals surface area contributed by atoms with E-state index in [9.17, 15) is 0 Å². The molecule has 1 aliphatic rings. The summed E-state index contributed by atoms with van der Waals surface area (Å²) in [5.74, 6) is 0. The minimum atomic E-state index is 0. The zero-order valence-corrected chi connectivity index (χ0v) is 12.1. The molecule has 0 aromatic heterocycles. The van der Waals surface area contributed by atoms with Crippen LogP contribution in [0.25, 0.3) is 0 Å². The Hall–Kier alpha value is 0.670. The van der Waals surface area contributed by atoms with Gasteiger partial charge in [-0.2, -0.15) is 11.6 Å². The molecule has 0 amide bonds. The van der Waals surface area contributed by atoms with Crippen LogP contribution in [-0.2, 0) is 25.8 Å². The first-order valence-electron chi connectivity index (χ1n) is 3.37. The van der Waals surface area contributed by atoms with Crippen molar-refractivity contribution in [2.75, 3.05) is 0 Å². The third-order valence-electron chi connectivity index (χ3n) is 1.27. The van der Waals surface area contributed by atoms with E-state index in [0.717, 1.165) is 12.8 Å². The maximum atomic E-state index is 3.11. The van der Waals surface area contributed by atoms with Crippen molar-refractivity contribution in [3.05, 3.63) is 36.0 Å². The molecule has 0 nitrogen and oxygen atoms in total. The van der Waals surface area contributed by atoms with Crippen LogP contribution in [0.2, 0.25) is 0 Å². The van der Waals surface area contributed by atoms with Gasteiger partial charge in [0.15, 0.2) is 0 Å². The molecule has 0 bridgehead atoms. The average Bonchev–Trinajstić information content (AvgIpc) is 2.34. The molecule has 0 unspecified atom stereocenters. The monoisotopic (exact) mass is 369 g/mol. The predicted molar refractivity (Wildman–Crippen MR) is 39.9 cm³/mol. The molecule has 3 heteroatoms. The van der Waals surface area contributed by atoms with Gasteiger partial charge in [0.05, 0.1) is 0 Å². The van der Waals surface area contributed by atoms with Gasteiger partial charge in [-0.05, 0) is 6.42 Å². The third kappa shape index (κ3) is 7.33. The maximum Gasteiger partial charge on any atom is 0 e. The quantitative estimate of drug-likeness (QED) is 0.353. The van der Waals surface area contributed by atoms with Gasteiger partial charge in [0.1, 0.15) is 0 Å². The van der Waals surface area contributed by atoms with Gasteiger partial charge in [-0.3, -0.25) is 6.08 Å². The van der Waals surface area contributed by atoms with E-state index in [2.05, 4.69) is 31.2 Å². The van der Waals surface area contributed by atoms with E-state index in [1.54, 1.807) is 0 Å². The fourth-order valence-corrected chi connectivity index (χ4v) is 0.783. The van der Waals surface area contributed by atoms with Crippen LogP contribution in [0.5, 0.6) is 0 Å². The standard InChI is InChI=1S/C9H11.2ClH.Hf/c1-2-3-6-9-7-4-5-8-9;;;/h3,6-8H,2,4H2,1H3;2*1H;/q-1;;;/p-2. The Morgan fingerprint density at radius 1 is 1.50 bits per heavy atom. The molecule has 1 aliphatic carbocycles. The molecule has 0 N–H and O–H groups in total. The Balaban J connectivity index is -0.000000270. The van der Waals surface area contributed by atoms with E-state index in [1.165, 1.54) is 5.57 Å². The van der Waals surface area contributed by atoms with Gasteiger partial charge < -0.3 is 24.8 Å². The first-order valence-corrected chi connectivity index (χ1v) is 3.37. The molecule has 0 spiro atoms. The molecule has 0 aromatic rings. The SMILES string of the molecule is CCC=CC1=CC[C-]=C1.[Cl-].[Cl-].[Hf]. The minimum Gasteiger partial charge on any atom is -1.00 e. The van der Waals surface area contributed by atoms with Crippen molar-refractivity contribution < 1.29 is 50.7 Å². The van der Waals surface area contributed by atoms with Crippen molar-refractivity contribution in [1.29, 1.82) is 0 Å². The predicted octanol–water partition coefficient (Wildman–Crippen LogP) is -3.35. The van der Waals surface area contributed by atoms with Crippen LogP contribution in [0.3, 0.4) is 0 Å². The van der Waals surface area contributed by atoms with Crippen LogP contribution < -0.4 is 24.8 Å². The first kappa shape index (κ1) is 18.5. The van der Waals surface area contributed by atoms with Gasteiger partial charge in [-0.1, -0.05) is 6.92 Å². The normalized spacial score (nSPS) is 12.9. The molecular formula is C9H11Cl2Hf-3. The van der Waals surface area contributed by atoms with Crippen molar-refractivity contribution in [2.24, 2.45) is 0 Å². The van der Waals surface area contributed by atoms with Crippen molar-refractivity contribution in [2.45, 2.75) is 19.8 Å². The molecule has 12 heavy (non-hydrogen) atoms. The second-order valence-corrected chi connectivity index (χ2v) is 2.07. The van der Waals surface area contributed by atoms with Crippen LogP contribution in [-0.4, -0.2) is 0 Å². The molecule has 0 atom stereocenters. The zero-order valence-electron chi connectivity index (χ0n) is 6.98. The summed E-state index contributed by atoms with van der Waals surface area (Å²) in [6.45, 7) is 2.14. The summed E-state index contributed by atoms with van der Waals surface area (Å²) < 4.78 is 0. The topological polar surface area (TPSA) is 0 Å². The van der Waals surface area contributed by atoms with E-state index in [1.807, 2.05) is 6.08 Å². The van der Waals surface area contributed by atoms with E-state index in [0.29, 0.717) is 0 Å². The summed E-state index contributed by atoms with van der Waals surface area (Å²) in [5, 5.41) is 0. The maximum absolute atomic E-state index is 3.11. The van der Waals surface area contributed by atoms with Gasteiger partial charge in [0.2, 0.25) is 0 Å². The Morgan fingerprint density at radius 3 is 2.58 bits per heavy atom. The van der Waals surface area contributed by atoms with E-state index in [-0.39, 0.29) is 50.7 Å². The summed E-state index contributed by atoms with van der Waals surface area (Å²) in [6, 6.07) is 0. The van der Waals surface area contributed by atoms with Crippen molar-refractivity contribution in [3.63, 3.8) is 0 Å². The summed E-state index contributed by atoms with van der Waals surface area (Å²) in [6.07, 6.45) is 13.7. The van der Waals surface area contributed by atoms with Crippen LogP contribution in [0.15, 0.2) is 29.9 Å². The van der Waals surface area contributed by atoms with Crippen LogP contribution in [0, 0.1) is 6.08 Å². The van der Waals surface area contributed by atoms with Crippen molar-refractivity contribution >= 4 is 0 Å². The average molecular weight is 369 g/mol. The molecular weight excluding hydrogens is 357 g/mol. The molecule has 68 valence electrons. The fraction of sp³-hybridized carbons (Fsp3) is 0.333. The van der Waals surface area contributed by atoms with Gasteiger partial charge in [-0.15, -0.1) is 18.6 Å². The molecule has 0 aliphatic heterocycles. The minimum absolute atomic E-state index is 0. The second-order valence-electron chi connectivity index (χ2n) is 2.07. The zero-order chi connectivity index (χ0) is 6.53. The molecule has 0 radical (unpaired) electrons. The fourth-order valence-electron chi connectivity index (χ4n) is 0.783. The summed E-state index contributed by atoms with van der Waals surface area (Å²) in [5.41, 5.74) is 1.30. The Labute approximate surface area is 106 Å². The molecule has 0 fully saturated rings. The Bertz CT molecular complexity index is 171. The van der Waals surface area contributed by atoms with Gasteiger partial charge in [0, 0.05) is 25.8 Å². The summed E-state index contributed by atoms with van der Waals surface area (Å²) in [7, 11) is 0. The van der Waals surface area contributed by atoms with Crippen molar-refractivity contribution in [3.8, 4) is 0 Å². The van der Waals surface area contributed by atoms with Gasteiger partial charge >= 0.3 is 0 Å². The van der Waals surface area contributed by atoms with Crippen LogP contribution in [0.4, 0.5) is 0 Å². The number of halogens is 2. The molecule has 0 saturated carbocycles. The van der Waals surface area contributed by atoms with Crippen LogP contribution >= 0.6 is 0 Å².